The molecule has 0 aromatic carbocycles. The zero-order chi connectivity index (χ0) is 17.9. The predicted octanol–water partition coefficient (Wildman–Crippen LogP) is 1.00. The minimum Gasteiger partial charge on any atom is -0.348 e. The summed E-state index contributed by atoms with van der Waals surface area (Å²) in [5.41, 5.74) is 0. The van der Waals surface area contributed by atoms with Gasteiger partial charge in [0.15, 0.2) is 5.82 Å². The Morgan fingerprint density at radius 2 is 2.20 bits per heavy atom. The van der Waals surface area contributed by atoms with Crippen molar-refractivity contribution in [2.45, 2.75) is 43.0 Å². The average molecular weight is 383 g/mol. The third kappa shape index (κ3) is 4.07. The number of aryl methyl sites for hydroxylation is 1. The SMILES string of the molecule is CN(CC(=O)NCc1nnc2n1CCCCC2)S(=O)(=O)c1cccs1. The normalized spacial score (nSPS) is 15.0. The van der Waals surface area contributed by atoms with Gasteiger partial charge in [0.1, 0.15) is 10.0 Å². The summed E-state index contributed by atoms with van der Waals surface area (Å²) in [6.45, 7) is 0.875. The number of fused-ring (bicyclic) bond motifs is 1. The van der Waals surface area contributed by atoms with Gasteiger partial charge in [0.25, 0.3) is 10.0 Å². The van der Waals surface area contributed by atoms with E-state index in [1.807, 2.05) is 0 Å². The number of sulfonamides is 1. The molecule has 0 saturated heterocycles. The maximum atomic E-state index is 12.3. The van der Waals surface area contributed by atoms with Gasteiger partial charge in [-0.1, -0.05) is 12.5 Å². The fraction of sp³-hybridized carbons (Fsp3) is 0.533. The molecule has 1 amide bonds. The molecular formula is C15H21N5O3S2. The van der Waals surface area contributed by atoms with E-state index in [1.165, 1.54) is 19.5 Å². The van der Waals surface area contributed by atoms with Crippen molar-refractivity contribution in [1.29, 1.82) is 0 Å². The lowest BCUT2D eigenvalue weighted by molar-refractivity contribution is -0.121. The smallest absolute Gasteiger partial charge is 0.252 e. The number of thiophene rings is 1. The molecule has 10 heteroatoms. The largest absolute Gasteiger partial charge is 0.348 e. The Kier molecular flexibility index (Phi) is 5.50. The van der Waals surface area contributed by atoms with E-state index in [0.717, 1.165) is 47.3 Å². The van der Waals surface area contributed by atoms with Gasteiger partial charge in [0.2, 0.25) is 5.91 Å². The Morgan fingerprint density at radius 1 is 1.36 bits per heavy atom. The second kappa shape index (κ2) is 7.63. The Labute approximate surface area is 150 Å². The van der Waals surface area contributed by atoms with Gasteiger partial charge in [0, 0.05) is 20.0 Å². The predicted molar refractivity (Wildman–Crippen MR) is 93.6 cm³/mol. The van der Waals surface area contributed by atoms with Crippen molar-refractivity contribution in [3.05, 3.63) is 29.2 Å². The Hall–Kier alpha value is -1.78. The zero-order valence-corrected chi connectivity index (χ0v) is 15.6. The van der Waals surface area contributed by atoms with Crippen molar-refractivity contribution in [2.75, 3.05) is 13.6 Å². The van der Waals surface area contributed by atoms with Crippen LogP contribution in [0.15, 0.2) is 21.7 Å². The quantitative estimate of drug-likeness (QED) is 0.803. The molecule has 0 radical (unpaired) electrons. The van der Waals surface area contributed by atoms with E-state index in [1.54, 1.807) is 11.4 Å². The number of hydrogen-bond acceptors (Lipinski definition) is 6. The van der Waals surface area contributed by atoms with Gasteiger partial charge < -0.3 is 9.88 Å². The minimum absolute atomic E-state index is 0.227. The van der Waals surface area contributed by atoms with Crippen LogP contribution in [0, 0.1) is 0 Å². The van der Waals surface area contributed by atoms with Crippen molar-refractivity contribution in [3.8, 4) is 0 Å². The lowest BCUT2D eigenvalue weighted by Crippen LogP contribution is -2.38. The van der Waals surface area contributed by atoms with Crippen molar-refractivity contribution in [2.24, 2.45) is 0 Å². The summed E-state index contributed by atoms with van der Waals surface area (Å²) in [4.78, 5) is 12.1. The van der Waals surface area contributed by atoms with Gasteiger partial charge in [-0.15, -0.1) is 21.5 Å². The van der Waals surface area contributed by atoms with Crippen LogP contribution < -0.4 is 5.32 Å². The maximum absolute atomic E-state index is 12.3. The van der Waals surface area contributed by atoms with Crippen LogP contribution in [0.3, 0.4) is 0 Å². The van der Waals surface area contributed by atoms with Gasteiger partial charge in [-0.3, -0.25) is 4.79 Å². The molecule has 0 spiro atoms. The lowest BCUT2D eigenvalue weighted by atomic mass is 10.2. The fourth-order valence-electron chi connectivity index (χ4n) is 2.76. The second-order valence-electron chi connectivity index (χ2n) is 5.96. The van der Waals surface area contributed by atoms with Crippen LogP contribution in [-0.4, -0.2) is 47.0 Å². The highest BCUT2D eigenvalue weighted by Gasteiger charge is 2.24. The maximum Gasteiger partial charge on any atom is 0.252 e. The zero-order valence-electron chi connectivity index (χ0n) is 14.0. The first-order valence-electron chi connectivity index (χ1n) is 8.16. The van der Waals surface area contributed by atoms with Crippen molar-refractivity contribution in [1.82, 2.24) is 24.4 Å². The molecule has 0 fully saturated rings. The summed E-state index contributed by atoms with van der Waals surface area (Å²) in [6, 6.07) is 3.20. The molecular weight excluding hydrogens is 362 g/mol. The molecule has 0 aliphatic carbocycles. The monoisotopic (exact) mass is 383 g/mol. The number of likely N-dealkylation sites (N-methyl/N-ethyl adjacent to an activating group) is 1. The molecule has 3 heterocycles. The number of nitrogens with zero attached hydrogens (tertiary/aromatic N) is 4. The summed E-state index contributed by atoms with van der Waals surface area (Å²) in [6.07, 6.45) is 4.26. The highest BCUT2D eigenvalue weighted by Crippen LogP contribution is 2.19. The number of rotatable bonds is 6. The van der Waals surface area contributed by atoms with E-state index in [9.17, 15) is 13.2 Å². The average Bonchev–Trinajstić information content (AvgIpc) is 3.19. The van der Waals surface area contributed by atoms with Crippen LogP contribution in [-0.2, 0) is 34.3 Å². The summed E-state index contributed by atoms with van der Waals surface area (Å²) < 4.78 is 28.0. The van der Waals surface area contributed by atoms with E-state index >= 15 is 0 Å². The highest BCUT2D eigenvalue weighted by molar-refractivity contribution is 7.91. The number of aromatic nitrogens is 3. The summed E-state index contributed by atoms with van der Waals surface area (Å²) in [5.74, 6) is 1.31. The van der Waals surface area contributed by atoms with Gasteiger partial charge in [-0.05, 0) is 24.3 Å². The van der Waals surface area contributed by atoms with Crippen LogP contribution in [0.1, 0.15) is 30.9 Å². The molecule has 25 heavy (non-hydrogen) atoms. The first-order chi connectivity index (χ1) is 12.0. The van der Waals surface area contributed by atoms with E-state index in [2.05, 4.69) is 20.1 Å². The highest BCUT2D eigenvalue weighted by atomic mass is 32.2. The molecule has 3 rings (SSSR count). The summed E-state index contributed by atoms with van der Waals surface area (Å²) in [7, 11) is -2.22. The third-order valence-electron chi connectivity index (χ3n) is 4.16. The molecule has 1 aliphatic heterocycles. The lowest BCUT2D eigenvalue weighted by Gasteiger charge is -2.15. The van der Waals surface area contributed by atoms with E-state index in [-0.39, 0.29) is 23.2 Å². The topological polar surface area (TPSA) is 97.2 Å². The van der Waals surface area contributed by atoms with Crippen LogP contribution in [0.2, 0.25) is 0 Å². The molecule has 0 atom stereocenters. The van der Waals surface area contributed by atoms with Gasteiger partial charge in [0.05, 0.1) is 13.1 Å². The summed E-state index contributed by atoms with van der Waals surface area (Å²) in [5, 5.41) is 12.8. The van der Waals surface area contributed by atoms with Crippen LogP contribution in [0.25, 0.3) is 0 Å². The van der Waals surface area contributed by atoms with E-state index in [0.29, 0.717) is 5.82 Å². The van der Waals surface area contributed by atoms with Gasteiger partial charge in [-0.2, -0.15) is 4.31 Å². The standard InChI is InChI=1S/C15H21N5O3S2/c1-19(25(22,23)15-7-5-9-24-15)11-14(21)16-10-13-18-17-12-6-3-2-4-8-20(12)13/h5,7,9H,2-4,6,8,10-11H2,1H3,(H,16,21). The number of carbonyl (C=O) groups is 1. The van der Waals surface area contributed by atoms with Gasteiger partial charge in [-0.25, -0.2) is 8.42 Å². The molecule has 8 nitrogen and oxygen atoms in total. The molecule has 0 bridgehead atoms. The first kappa shape index (κ1) is 18.0. The minimum atomic E-state index is -3.62. The molecule has 1 N–H and O–H groups in total. The third-order valence-corrected chi connectivity index (χ3v) is 7.33. The molecule has 0 unspecified atom stereocenters. The molecule has 2 aromatic rings. The first-order valence-corrected chi connectivity index (χ1v) is 10.5. The Balaban J connectivity index is 1.58. The van der Waals surface area contributed by atoms with Crippen molar-refractivity contribution in [3.63, 3.8) is 0 Å². The number of carbonyl (C=O) groups excluding carboxylic acids is 1. The molecule has 1 aliphatic rings. The van der Waals surface area contributed by atoms with Gasteiger partial charge >= 0.3 is 0 Å². The van der Waals surface area contributed by atoms with Crippen LogP contribution in [0.5, 0.6) is 0 Å². The van der Waals surface area contributed by atoms with Crippen LogP contribution >= 0.6 is 11.3 Å². The van der Waals surface area contributed by atoms with Crippen molar-refractivity contribution < 1.29 is 13.2 Å². The molecule has 2 aromatic heterocycles. The molecule has 0 saturated carbocycles. The molecule has 136 valence electrons. The number of amides is 1. The Morgan fingerprint density at radius 3 is 2.96 bits per heavy atom. The van der Waals surface area contributed by atoms with Crippen LogP contribution in [0.4, 0.5) is 0 Å². The number of nitrogens with one attached hydrogen (secondary N) is 1. The Bertz CT molecular complexity index is 829. The second-order valence-corrected chi connectivity index (χ2v) is 9.18. The fourth-order valence-corrected chi connectivity index (χ4v) is 5.09. The van der Waals surface area contributed by atoms with E-state index < -0.39 is 10.0 Å². The summed E-state index contributed by atoms with van der Waals surface area (Å²) >= 11 is 1.13. The van der Waals surface area contributed by atoms with E-state index in [4.69, 9.17) is 0 Å². The number of hydrogen-bond donors (Lipinski definition) is 1. The van der Waals surface area contributed by atoms with Crippen molar-refractivity contribution >= 4 is 27.3 Å².